The molecule has 2 heterocycles. The summed E-state index contributed by atoms with van der Waals surface area (Å²) in [5.41, 5.74) is 4.79. The van der Waals surface area contributed by atoms with Crippen molar-refractivity contribution in [1.82, 2.24) is 9.78 Å². The van der Waals surface area contributed by atoms with Gasteiger partial charge in [-0.1, -0.05) is 24.1 Å². The van der Waals surface area contributed by atoms with Gasteiger partial charge in [-0.3, -0.25) is 4.68 Å². The molecule has 3 nitrogen and oxygen atoms in total. The minimum atomic E-state index is 0.190. The van der Waals surface area contributed by atoms with Crippen LogP contribution in [-0.2, 0) is 0 Å². The molecule has 1 aliphatic heterocycles. The first-order valence-corrected chi connectivity index (χ1v) is 9.02. The van der Waals surface area contributed by atoms with E-state index in [4.69, 9.17) is 0 Å². The van der Waals surface area contributed by atoms with Gasteiger partial charge in [0.15, 0.2) is 0 Å². The predicted octanol–water partition coefficient (Wildman–Crippen LogP) is 4.62. The van der Waals surface area contributed by atoms with Crippen LogP contribution in [0.2, 0.25) is 0 Å². The van der Waals surface area contributed by atoms with Crippen LogP contribution in [0.1, 0.15) is 43.9 Å². The zero-order chi connectivity index (χ0) is 17.2. The minimum absolute atomic E-state index is 0.190. The molecule has 0 unspecified atom stereocenters. The van der Waals surface area contributed by atoms with E-state index < -0.39 is 0 Å². The zero-order valence-electron chi connectivity index (χ0n) is 14.9. The molecule has 0 amide bonds. The molecule has 1 aliphatic rings. The minimum Gasteiger partial charge on any atom is -0.372 e. The van der Waals surface area contributed by atoms with Crippen LogP contribution in [0, 0.1) is 11.8 Å². The van der Waals surface area contributed by atoms with E-state index in [9.17, 15) is 0 Å². The van der Waals surface area contributed by atoms with Gasteiger partial charge in [-0.25, -0.2) is 0 Å². The molecule has 1 saturated heterocycles. The standard InChI is InChI=1S/C22H23N3/c1-3-7-19-8-6-9-22-21(19)16-23-25(22)17(2)18-10-12-20(13-11-18)24-14-4-5-15-24/h6,8-13,16-17H,4-5,14-15H2,1-2H3/t17-/m1/s1. The highest BCUT2D eigenvalue weighted by Gasteiger charge is 2.15. The van der Waals surface area contributed by atoms with Crippen LogP contribution in [0.15, 0.2) is 48.7 Å². The van der Waals surface area contributed by atoms with Crippen molar-refractivity contribution in [3.63, 3.8) is 0 Å². The molecule has 3 heteroatoms. The Balaban J connectivity index is 1.66. The fraction of sp³-hybridized carbons (Fsp3) is 0.318. The van der Waals surface area contributed by atoms with E-state index in [0.717, 1.165) is 16.5 Å². The number of aromatic nitrogens is 2. The molecule has 1 fully saturated rings. The van der Waals surface area contributed by atoms with Crippen molar-refractivity contribution in [2.75, 3.05) is 18.0 Å². The van der Waals surface area contributed by atoms with Crippen LogP contribution in [-0.4, -0.2) is 22.9 Å². The Morgan fingerprint density at radius 2 is 1.80 bits per heavy atom. The monoisotopic (exact) mass is 329 g/mol. The van der Waals surface area contributed by atoms with Gasteiger partial charge in [-0.05, 0) is 56.5 Å². The van der Waals surface area contributed by atoms with E-state index in [1.165, 1.54) is 37.2 Å². The van der Waals surface area contributed by atoms with Gasteiger partial charge < -0.3 is 4.90 Å². The molecule has 0 radical (unpaired) electrons. The van der Waals surface area contributed by atoms with E-state index >= 15 is 0 Å². The van der Waals surface area contributed by atoms with Crippen LogP contribution in [0.4, 0.5) is 5.69 Å². The van der Waals surface area contributed by atoms with E-state index in [2.05, 4.69) is 75.9 Å². The summed E-state index contributed by atoms with van der Waals surface area (Å²) in [7, 11) is 0. The summed E-state index contributed by atoms with van der Waals surface area (Å²) in [6.45, 7) is 6.43. The molecular formula is C22H23N3. The Morgan fingerprint density at radius 1 is 1.04 bits per heavy atom. The van der Waals surface area contributed by atoms with Crippen LogP contribution in [0.25, 0.3) is 10.9 Å². The lowest BCUT2D eigenvalue weighted by Gasteiger charge is -2.19. The van der Waals surface area contributed by atoms with Gasteiger partial charge in [0.1, 0.15) is 0 Å². The lowest BCUT2D eigenvalue weighted by Crippen LogP contribution is -2.17. The van der Waals surface area contributed by atoms with Gasteiger partial charge in [0, 0.05) is 29.7 Å². The molecule has 25 heavy (non-hydrogen) atoms. The van der Waals surface area contributed by atoms with E-state index in [1.807, 2.05) is 13.1 Å². The van der Waals surface area contributed by atoms with Gasteiger partial charge in [0.05, 0.1) is 17.8 Å². The maximum Gasteiger partial charge on any atom is 0.0747 e. The average molecular weight is 329 g/mol. The molecule has 2 aromatic carbocycles. The number of hydrogen-bond donors (Lipinski definition) is 0. The molecule has 0 bridgehead atoms. The van der Waals surface area contributed by atoms with E-state index in [-0.39, 0.29) is 6.04 Å². The Bertz CT molecular complexity index is 935. The lowest BCUT2D eigenvalue weighted by atomic mass is 10.1. The Labute approximate surface area is 149 Å². The summed E-state index contributed by atoms with van der Waals surface area (Å²) in [6.07, 6.45) is 4.55. The molecule has 0 saturated carbocycles. The molecule has 1 atom stereocenters. The van der Waals surface area contributed by atoms with Crippen molar-refractivity contribution >= 4 is 16.6 Å². The topological polar surface area (TPSA) is 21.1 Å². The maximum atomic E-state index is 4.65. The van der Waals surface area contributed by atoms with Crippen molar-refractivity contribution < 1.29 is 0 Å². The number of nitrogens with zero attached hydrogens (tertiary/aromatic N) is 3. The van der Waals surface area contributed by atoms with Gasteiger partial charge in [-0.2, -0.15) is 5.10 Å². The van der Waals surface area contributed by atoms with E-state index in [1.54, 1.807) is 0 Å². The molecule has 0 aliphatic carbocycles. The highest BCUT2D eigenvalue weighted by Crippen LogP contribution is 2.27. The van der Waals surface area contributed by atoms with Crippen LogP contribution in [0.3, 0.4) is 0 Å². The summed E-state index contributed by atoms with van der Waals surface area (Å²) in [5, 5.41) is 5.78. The first kappa shape index (κ1) is 15.8. The number of hydrogen-bond acceptors (Lipinski definition) is 2. The second kappa shape index (κ2) is 6.64. The summed E-state index contributed by atoms with van der Waals surface area (Å²) >= 11 is 0. The molecule has 126 valence electrons. The van der Waals surface area contributed by atoms with Crippen molar-refractivity contribution in [2.24, 2.45) is 0 Å². The second-order valence-corrected chi connectivity index (χ2v) is 6.66. The third-order valence-electron chi connectivity index (χ3n) is 5.11. The third-order valence-corrected chi connectivity index (χ3v) is 5.11. The third kappa shape index (κ3) is 2.89. The van der Waals surface area contributed by atoms with Crippen molar-refractivity contribution in [3.05, 3.63) is 59.8 Å². The predicted molar refractivity (Wildman–Crippen MR) is 104 cm³/mol. The molecule has 0 N–H and O–H groups in total. The van der Waals surface area contributed by atoms with Crippen molar-refractivity contribution in [1.29, 1.82) is 0 Å². The summed E-state index contributed by atoms with van der Waals surface area (Å²) in [6, 6.07) is 15.4. The SMILES string of the molecule is CC#Cc1cccc2c1cnn2[C@H](C)c1ccc(N2CCCC2)cc1. The van der Waals surface area contributed by atoms with Crippen LogP contribution in [0.5, 0.6) is 0 Å². The van der Waals surface area contributed by atoms with E-state index in [0.29, 0.717) is 0 Å². The number of anilines is 1. The summed E-state index contributed by atoms with van der Waals surface area (Å²) < 4.78 is 2.10. The average Bonchev–Trinajstić information content (AvgIpc) is 3.32. The first-order valence-electron chi connectivity index (χ1n) is 9.02. The van der Waals surface area contributed by atoms with Crippen LogP contribution < -0.4 is 4.90 Å². The molecule has 1 aromatic heterocycles. The normalized spacial score (nSPS) is 15.2. The Morgan fingerprint density at radius 3 is 2.52 bits per heavy atom. The summed E-state index contributed by atoms with van der Waals surface area (Å²) in [5.74, 6) is 6.16. The van der Waals surface area contributed by atoms with Gasteiger partial charge in [0.2, 0.25) is 0 Å². The molecule has 3 aromatic rings. The lowest BCUT2D eigenvalue weighted by molar-refractivity contribution is 0.584. The second-order valence-electron chi connectivity index (χ2n) is 6.66. The van der Waals surface area contributed by atoms with Gasteiger partial charge in [-0.15, -0.1) is 5.92 Å². The highest BCUT2D eigenvalue weighted by molar-refractivity contribution is 5.85. The number of rotatable bonds is 3. The Hall–Kier alpha value is -2.73. The van der Waals surface area contributed by atoms with Crippen LogP contribution >= 0.6 is 0 Å². The number of benzene rings is 2. The largest absolute Gasteiger partial charge is 0.372 e. The molecule has 0 spiro atoms. The molecular weight excluding hydrogens is 306 g/mol. The zero-order valence-corrected chi connectivity index (χ0v) is 14.9. The molecule has 4 rings (SSSR count). The smallest absolute Gasteiger partial charge is 0.0747 e. The fourth-order valence-corrected chi connectivity index (χ4v) is 3.70. The Kier molecular flexibility index (Phi) is 4.19. The quantitative estimate of drug-likeness (QED) is 0.654. The highest BCUT2D eigenvalue weighted by atomic mass is 15.3. The number of fused-ring (bicyclic) bond motifs is 1. The van der Waals surface area contributed by atoms with Crippen molar-refractivity contribution in [2.45, 2.75) is 32.7 Å². The van der Waals surface area contributed by atoms with Crippen molar-refractivity contribution in [3.8, 4) is 11.8 Å². The van der Waals surface area contributed by atoms with Gasteiger partial charge in [0.25, 0.3) is 0 Å². The first-order chi connectivity index (χ1) is 12.3. The van der Waals surface area contributed by atoms with Gasteiger partial charge >= 0.3 is 0 Å². The maximum absolute atomic E-state index is 4.65. The fourth-order valence-electron chi connectivity index (χ4n) is 3.70. The summed E-state index contributed by atoms with van der Waals surface area (Å²) in [4.78, 5) is 2.47.